The molecule has 36 heavy (non-hydrogen) atoms. The van der Waals surface area contributed by atoms with Crippen LogP contribution in [0.3, 0.4) is 0 Å². The maximum Gasteiger partial charge on any atom is 0.305 e. The summed E-state index contributed by atoms with van der Waals surface area (Å²) in [4.78, 5) is 24.2. The van der Waals surface area contributed by atoms with Crippen molar-refractivity contribution in [1.82, 2.24) is 4.90 Å². The minimum absolute atomic E-state index is 0.0116. The molecule has 0 aromatic heterocycles. The van der Waals surface area contributed by atoms with Gasteiger partial charge in [-0.25, -0.2) is 0 Å². The molecule has 0 atom stereocenters. The third-order valence-corrected chi connectivity index (χ3v) is 6.75. The van der Waals surface area contributed by atoms with E-state index in [1.54, 1.807) is 0 Å². The number of carboxylic acid groups (broad SMARTS) is 1. The molecule has 0 heterocycles. The summed E-state index contributed by atoms with van der Waals surface area (Å²) in [5.41, 5.74) is 0. The molecule has 0 spiro atoms. The van der Waals surface area contributed by atoms with Crippen LogP contribution in [0.1, 0.15) is 163 Å². The maximum atomic E-state index is 11.6. The molecule has 5 heteroatoms. The molecule has 0 aromatic rings. The summed E-state index contributed by atoms with van der Waals surface area (Å²) >= 11 is 0. The van der Waals surface area contributed by atoms with Gasteiger partial charge >= 0.3 is 11.9 Å². The highest BCUT2D eigenvalue weighted by Gasteiger charge is 2.04. The Morgan fingerprint density at radius 2 is 0.944 bits per heavy atom. The zero-order valence-electron chi connectivity index (χ0n) is 24.8. The summed E-state index contributed by atoms with van der Waals surface area (Å²) in [5.74, 6) is -0.671. The number of rotatable bonds is 26. The standard InChI is InChI=1S/C19H39NO2.C12H24O2/c1-4-7-8-9-10-11-12-13-14-16-19(21)22-18-15-17-20(5-2)6-3;1-2-3-4-5-6-7-8-9-10-11-12(13)14/h4-18H2,1-3H3;2-11H2,1H3,(H,13,14). The second kappa shape index (κ2) is 31.9. The van der Waals surface area contributed by atoms with Crippen LogP contribution in [0.4, 0.5) is 0 Å². The van der Waals surface area contributed by atoms with Crippen molar-refractivity contribution in [3.8, 4) is 0 Å². The van der Waals surface area contributed by atoms with Gasteiger partial charge in [-0.15, -0.1) is 0 Å². The van der Waals surface area contributed by atoms with Crippen LogP contribution < -0.4 is 0 Å². The number of unbranched alkanes of at least 4 members (excludes halogenated alkanes) is 16. The molecule has 0 unspecified atom stereocenters. The highest BCUT2D eigenvalue weighted by atomic mass is 16.5. The fourth-order valence-corrected chi connectivity index (χ4v) is 4.25. The van der Waals surface area contributed by atoms with Crippen molar-refractivity contribution < 1.29 is 19.4 Å². The van der Waals surface area contributed by atoms with Gasteiger partial charge < -0.3 is 14.7 Å². The smallest absolute Gasteiger partial charge is 0.305 e. The maximum absolute atomic E-state index is 11.6. The van der Waals surface area contributed by atoms with E-state index >= 15 is 0 Å². The summed E-state index contributed by atoms with van der Waals surface area (Å²) in [6.45, 7) is 12.6. The van der Waals surface area contributed by atoms with Crippen LogP contribution >= 0.6 is 0 Å². The van der Waals surface area contributed by atoms with E-state index in [-0.39, 0.29) is 5.97 Å². The van der Waals surface area contributed by atoms with E-state index in [1.165, 1.54) is 96.3 Å². The second-order valence-electron chi connectivity index (χ2n) is 10.2. The first-order valence-electron chi connectivity index (χ1n) is 15.6. The van der Waals surface area contributed by atoms with Crippen molar-refractivity contribution >= 4 is 11.9 Å². The largest absolute Gasteiger partial charge is 0.481 e. The second-order valence-corrected chi connectivity index (χ2v) is 10.2. The highest BCUT2D eigenvalue weighted by Crippen LogP contribution is 2.11. The Bertz CT molecular complexity index is 452. The Balaban J connectivity index is 0. The third kappa shape index (κ3) is 32.9. The number of aliphatic carboxylic acids is 1. The molecule has 0 aliphatic heterocycles. The number of esters is 1. The molecule has 0 saturated heterocycles. The number of carboxylic acids is 1. The van der Waals surface area contributed by atoms with Gasteiger partial charge in [0.25, 0.3) is 0 Å². The van der Waals surface area contributed by atoms with Crippen LogP contribution in [-0.2, 0) is 14.3 Å². The lowest BCUT2D eigenvalue weighted by molar-refractivity contribution is -0.144. The molecule has 0 aliphatic carbocycles. The topological polar surface area (TPSA) is 66.8 Å². The van der Waals surface area contributed by atoms with Gasteiger partial charge in [0, 0.05) is 19.4 Å². The van der Waals surface area contributed by atoms with Crippen LogP contribution in [0.15, 0.2) is 0 Å². The molecule has 0 saturated carbocycles. The van der Waals surface area contributed by atoms with Crippen molar-refractivity contribution in [3.63, 3.8) is 0 Å². The van der Waals surface area contributed by atoms with Gasteiger partial charge in [-0.2, -0.15) is 0 Å². The van der Waals surface area contributed by atoms with Crippen LogP contribution in [0.2, 0.25) is 0 Å². The molecule has 5 nitrogen and oxygen atoms in total. The first-order valence-corrected chi connectivity index (χ1v) is 15.6. The number of nitrogens with zero attached hydrogens (tertiary/aromatic N) is 1. The van der Waals surface area contributed by atoms with E-state index in [0.717, 1.165) is 45.3 Å². The van der Waals surface area contributed by atoms with Gasteiger partial charge in [0.15, 0.2) is 0 Å². The fraction of sp³-hybridized carbons (Fsp3) is 0.935. The Hall–Kier alpha value is -1.10. The fourth-order valence-electron chi connectivity index (χ4n) is 4.25. The van der Waals surface area contributed by atoms with Crippen molar-refractivity contribution in [2.45, 2.75) is 163 Å². The van der Waals surface area contributed by atoms with Crippen molar-refractivity contribution in [2.75, 3.05) is 26.2 Å². The third-order valence-electron chi connectivity index (χ3n) is 6.75. The van der Waals surface area contributed by atoms with Crippen LogP contribution in [-0.4, -0.2) is 48.2 Å². The zero-order chi connectivity index (χ0) is 27.1. The lowest BCUT2D eigenvalue weighted by atomic mass is 10.1. The molecule has 0 aromatic carbocycles. The van der Waals surface area contributed by atoms with Gasteiger partial charge in [-0.3, -0.25) is 9.59 Å². The summed E-state index contributed by atoms with van der Waals surface area (Å²) in [5, 5.41) is 8.41. The number of ether oxygens (including phenoxy) is 1. The molecule has 0 fully saturated rings. The van der Waals surface area contributed by atoms with Gasteiger partial charge in [-0.05, 0) is 32.4 Å². The average molecular weight is 514 g/mol. The lowest BCUT2D eigenvalue weighted by Gasteiger charge is -2.17. The molecule has 0 rings (SSSR count). The molecular weight excluding hydrogens is 450 g/mol. The van der Waals surface area contributed by atoms with E-state index in [0.29, 0.717) is 19.4 Å². The Kier molecular flexibility index (Phi) is 32.9. The molecular formula is C31H63NO4. The van der Waals surface area contributed by atoms with Gasteiger partial charge in [0.05, 0.1) is 6.61 Å². The summed E-state index contributed by atoms with van der Waals surface area (Å²) in [6.07, 6.45) is 24.6. The first kappa shape index (κ1) is 37.1. The lowest BCUT2D eigenvalue weighted by Crippen LogP contribution is -2.25. The monoisotopic (exact) mass is 513 g/mol. The average Bonchev–Trinajstić information content (AvgIpc) is 2.87. The number of hydrogen-bond acceptors (Lipinski definition) is 4. The normalized spacial score (nSPS) is 10.8. The molecule has 0 radical (unpaired) electrons. The van der Waals surface area contributed by atoms with Gasteiger partial charge in [0.2, 0.25) is 0 Å². The van der Waals surface area contributed by atoms with E-state index < -0.39 is 5.97 Å². The summed E-state index contributed by atoms with van der Waals surface area (Å²) in [6, 6.07) is 0. The zero-order valence-corrected chi connectivity index (χ0v) is 24.8. The van der Waals surface area contributed by atoms with Crippen molar-refractivity contribution in [2.24, 2.45) is 0 Å². The summed E-state index contributed by atoms with van der Waals surface area (Å²) < 4.78 is 5.29. The van der Waals surface area contributed by atoms with E-state index in [4.69, 9.17) is 9.84 Å². The van der Waals surface area contributed by atoms with Gasteiger partial charge in [-0.1, -0.05) is 130 Å². The number of hydrogen-bond donors (Lipinski definition) is 1. The molecule has 1 N–H and O–H groups in total. The van der Waals surface area contributed by atoms with E-state index in [9.17, 15) is 9.59 Å². The Morgan fingerprint density at radius 1 is 0.556 bits per heavy atom. The Morgan fingerprint density at radius 3 is 1.33 bits per heavy atom. The molecule has 0 aliphatic rings. The molecule has 216 valence electrons. The SMILES string of the molecule is CCCCCCCCCCCC(=O)O.CCCCCCCCCCCC(=O)OCCCN(CC)CC. The molecule has 0 bridgehead atoms. The summed E-state index contributed by atoms with van der Waals surface area (Å²) in [7, 11) is 0. The van der Waals surface area contributed by atoms with Crippen LogP contribution in [0.5, 0.6) is 0 Å². The first-order chi connectivity index (χ1) is 17.5. The van der Waals surface area contributed by atoms with Crippen LogP contribution in [0.25, 0.3) is 0 Å². The number of carbonyl (C=O) groups excluding carboxylic acids is 1. The van der Waals surface area contributed by atoms with E-state index in [2.05, 4.69) is 32.6 Å². The van der Waals surface area contributed by atoms with E-state index in [1.807, 2.05) is 0 Å². The minimum Gasteiger partial charge on any atom is -0.481 e. The predicted molar refractivity (Wildman–Crippen MR) is 155 cm³/mol. The van der Waals surface area contributed by atoms with Crippen molar-refractivity contribution in [1.29, 1.82) is 0 Å². The highest BCUT2D eigenvalue weighted by molar-refractivity contribution is 5.69. The van der Waals surface area contributed by atoms with Crippen LogP contribution in [0, 0.1) is 0 Å². The van der Waals surface area contributed by atoms with Gasteiger partial charge in [0.1, 0.15) is 0 Å². The molecule has 0 amide bonds. The van der Waals surface area contributed by atoms with Crippen molar-refractivity contribution in [3.05, 3.63) is 0 Å². The number of carbonyl (C=O) groups is 2. The predicted octanol–water partition coefficient (Wildman–Crippen LogP) is 9.17. The Labute approximate surface area is 225 Å². The minimum atomic E-state index is -0.659. The quantitative estimate of drug-likeness (QED) is 0.0922.